The molecule has 0 unspecified atom stereocenters. The van der Waals surface area contributed by atoms with Gasteiger partial charge in [-0.15, -0.1) is 0 Å². The lowest BCUT2D eigenvalue weighted by Gasteiger charge is -2.19. The van der Waals surface area contributed by atoms with Crippen LogP contribution in [0.25, 0.3) is 10.9 Å². The van der Waals surface area contributed by atoms with Crippen LogP contribution in [0.15, 0.2) is 29.1 Å². The molecule has 1 aromatic carbocycles. The normalized spacial score (nSPS) is 11.1. The molecule has 3 N–H and O–H groups in total. The fourth-order valence-corrected chi connectivity index (χ4v) is 2.37. The Morgan fingerprint density at radius 1 is 1.28 bits per heavy atom. The third-order valence-corrected chi connectivity index (χ3v) is 3.52. The zero-order valence-corrected chi connectivity index (χ0v) is 14.6. The van der Waals surface area contributed by atoms with E-state index in [0.717, 1.165) is 0 Å². The summed E-state index contributed by atoms with van der Waals surface area (Å²) in [5.41, 5.74) is 0.399. The number of hydrogen-bond donors (Lipinski definition) is 3. The average Bonchev–Trinajstić information content (AvgIpc) is 2.53. The number of carbonyl (C=O) groups is 2. The summed E-state index contributed by atoms with van der Waals surface area (Å²) in [6.45, 7) is 6.40. The van der Waals surface area contributed by atoms with Crippen molar-refractivity contribution in [1.82, 2.24) is 25.5 Å². The van der Waals surface area contributed by atoms with Crippen molar-refractivity contribution in [2.75, 3.05) is 13.1 Å². The summed E-state index contributed by atoms with van der Waals surface area (Å²) in [6, 6.07) is 6.51. The second-order valence-electron chi connectivity index (χ2n) is 6.01. The van der Waals surface area contributed by atoms with Crippen molar-refractivity contribution in [2.45, 2.75) is 33.4 Å². The molecule has 0 aliphatic rings. The van der Waals surface area contributed by atoms with Gasteiger partial charge in [-0.3, -0.25) is 19.8 Å². The Morgan fingerprint density at radius 2 is 2.00 bits per heavy atom. The molecule has 0 fully saturated rings. The minimum atomic E-state index is -0.520. The van der Waals surface area contributed by atoms with Crippen molar-refractivity contribution < 1.29 is 9.59 Å². The number of para-hydroxylation sites is 1. The standard InChI is InChI=1S/C17H23N5O3/c1-4-22(10-15(23)21-17(25)18-11(2)3)9-14-19-13-8-6-5-7-12(13)16(24)20-14/h5-8,11H,4,9-10H2,1-3H3,(H,19,20,24)(H2,18,21,23,25). The predicted molar refractivity (Wildman–Crippen MR) is 95.1 cm³/mol. The molecule has 0 saturated carbocycles. The number of carbonyl (C=O) groups excluding carboxylic acids is 2. The second-order valence-corrected chi connectivity index (χ2v) is 6.01. The molecule has 8 nitrogen and oxygen atoms in total. The van der Waals surface area contributed by atoms with Gasteiger partial charge in [0.05, 0.1) is 24.0 Å². The molecule has 1 heterocycles. The zero-order valence-electron chi connectivity index (χ0n) is 14.6. The van der Waals surface area contributed by atoms with Crippen molar-refractivity contribution in [3.63, 3.8) is 0 Å². The van der Waals surface area contributed by atoms with Gasteiger partial charge in [0.2, 0.25) is 5.91 Å². The fourth-order valence-electron chi connectivity index (χ4n) is 2.37. The van der Waals surface area contributed by atoms with Crippen molar-refractivity contribution in [1.29, 1.82) is 0 Å². The number of likely N-dealkylation sites (N-methyl/N-ethyl adjacent to an activating group) is 1. The molecule has 0 bridgehead atoms. The number of benzene rings is 1. The van der Waals surface area contributed by atoms with Crippen LogP contribution in [0.4, 0.5) is 4.79 Å². The molecule has 134 valence electrons. The second kappa shape index (κ2) is 8.39. The third-order valence-electron chi connectivity index (χ3n) is 3.52. The van der Waals surface area contributed by atoms with Gasteiger partial charge in [0.25, 0.3) is 5.56 Å². The topological polar surface area (TPSA) is 107 Å². The van der Waals surface area contributed by atoms with Crippen LogP contribution < -0.4 is 16.2 Å². The number of hydrogen-bond acceptors (Lipinski definition) is 5. The predicted octanol–water partition coefficient (Wildman–Crippen LogP) is 0.979. The molecule has 0 spiro atoms. The summed E-state index contributed by atoms with van der Waals surface area (Å²) in [5.74, 6) is 0.0631. The Balaban J connectivity index is 2.03. The number of amides is 3. The maximum atomic E-state index is 12.1. The van der Waals surface area contributed by atoms with Crippen LogP contribution in [-0.4, -0.2) is 45.9 Å². The van der Waals surface area contributed by atoms with Gasteiger partial charge >= 0.3 is 6.03 Å². The molecule has 1 aromatic heterocycles. The maximum absolute atomic E-state index is 12.1. The van der Waals surface area contributed by atoms with Crippen molar-refractivity contribution in [3.8, 4) is 0 Å². The highest BCUT2D eigenvalue weighted by Crippen LogP contribution is 2.07. The van der Waals surface area contributed by atoms with Gasteiger partial charge in [-0.25, -0.2) is 9.78 Å². The molecule has 0 radical (unpaired) electrons. The van der Waals surface area contributed by atoms with E-state index in [1.165, 1.54) is 0 Å². The molecule has 3 amide bonds. The zero-order chi connectivity index (χ0) is 18.4. The van der Waals surface area contributed by atoms with Gasteiger partial charge in [-0.05, 0) is 32.5 Å². The van der Waals surface area contributed by atoms with Gasteiger partial charge in [-0.1, -0.05) is 19.1 Å². The van der Waals surface area contributed by atoms with Crippen LogP contribution in [0, 0.1) is 0 Å². The first-order valence-electron chi connectivity index (χ1n) is 8.19. The first-order chi connectivity index (χ1) is 11.9. The molecule has 0 saturated heterocycles. The van der Waals surface area contributed by atoms with Crippen molar-refractivity contribution in [3.05, 3.63) is 40.4 Å². The highest BCUT2D eigenvalue weighted by Gasteiger charge is 2.14. The van der Waals surface area contributed by atoms with E-state index in [2.05, 4.69) is 20.6 Å². The molecule has 8 heteroatoms. The number of urea groups is 1. The van der Waals surface area contributed by atoms with Crippen LogP contribution in [0.3, 0.4) is 0 Å². The lowest BCUT2D eigenvalue weighted by atomic mass is 10.2. The molecule has 0 aliphatic carbocycles. The van der Waals surface area contributed by atoms with Gasteiger partial charge < -0.3 is 10.3 Å². The summed E-state index contributed by atoms with van der Waals surface area (Å²) >= 11 is 0. The number of H-pyrrole nitrogens is 1. The fraction of sp³-hybridized carbons (Fsp3) is 0.412. The number of aromatic amines is 1. The Bertz CT molecular complexity index is 815. The molecule has 0 aliphatic heterocycles. The highest BCUT2D eigenvalue weighted by atomic mass is 16.2. The SMILES string of the molecule is CCN(CC(=O)NC(=O)NC(C)C)Cc1nc2ccccc2c(=O)[nH]1. The first-order valence-corrected chi connectivity index (χ1v) is 8.19. The van der Waals surface area contributed by atoms with E-state index < -0.39 is 11.9 Å². The Hall–Kier alpha value is -2.74. The van der Waals surface area contributed by atoms with E-state index in [4.69, 9.17) is 0 Å². The van der Waals surface area contributed by atoms with Gasteiger partial charge in [-0.2, -0.15) is 0 Å². The van der Waals surface area contributed by atoms with E-state index in [1.807, 2.05) is 26.8 Å². The largest absolute Gasteiger partial charge is 0.336 e. The molecular weight excluding hydrogens is 322 g/mol. The number of imide groups is 1. The number of aromatic nitrogens is 2. The Morgan fingerprint density at radius 3 is 2.68 bits per heavy atom. The highest BCUT2D eigenvalue weighted by molar-refractivity contribution is 5.95. The molecule has 25 heavy (non-hydrogen) atoms. The lowest BCUT2D eigenvalue weighted by Crippen LogP contribution is -2.46. The van der Waals surface area contributed by atoms with Crippen LogP contribution in [0.2, 0.25) is 0 Å². The minimum Gasteiger partial charge on any atom is -0.336 e. The molecular formula is C17H23N5O3. The number of fused-ring (bicyclic) bond motifs is 1. The van der Waals surface area contributed by atoms with Crippen LogP contribution in [0.1, 0.15) is 26.6 Å². The van der Waals surface area contributed by atoms with Crippen LogP contribution >= 0.6 is 0 Å². The minimum absolute atomic E-state index is 0.0263. The lowest BCUT2D eigenvalue weighted by molar-refractivity contribution is -0.121. The molecule has 0 atom stereocenters. The average molecular weight is 345 g/mol. The summed E-state index contributed by atoms with van der Waals surface area (Å²) in [4.78, 5) is 44.6. The van der Waals surface area contributed by atoms with E-state index in [-0.39, 0.29) is 18.1 Å². The quantitative estimate of drug-likeness (QED) is 0.723. The monoisotopic (exact) mass is 345 g/mol. The third kappa shape index (κ3) is 5.39. The smallest absolute Gasteiger partial charge is 0.321 e. The first kappa shape index (κ1) is 18.6. The molecule has 2 rings (SSSR count). The number of nitrogens with zero attached hydrogens (tertiary/aromatic N) is 2. The van der Waals surface area contributed by atoms with E-state index in [0.29, 0.717) is 29.8 Å². The van der Waals surface area contributed by atoms with Crippen molar-refractivity contribution >= 4 is 22.8 Å². The van der Waals surface area contributed by atoms with Crippen LogP contribution in [0.5, 0.6) is 0 Å². The molecule has 2 aromatic rings. The Labute approximate surface area is 145 Å². The summed E-state index contributed by atoms with van der Waals surface area (Å²) in [7, 11) is 0. The summed E-state index contributed by atoms with van der Waals surface area (Å²) in [6.07, 6.45) is 0. The van der Waals surface area contributed by atoms with Gasteiger partial charge in [0.1, 0.15) is 5.82 Å². The van der Waals surface area contributed by atoms with Crippen LogP contribution in [-0.2, 0) is 11.3 Å². The number of rotatable bonds is 6. The number of nitrogens with one attached hydrogen (secondary N) is 3. The van der Waals surface area contributed by atoms with E-state index in [1.54, 1.807) is 23.1 Å². The summed E-state index contributed by atoms with van der Waals surface area (Å²) in [5, 5.41) is 5.40. The van der Waals surface area contributed by atoms with Gasteiger partial charge in [0.15, 0.2) is 0 Å². The van der Waals surface area contributed by atoms with E-state index in [9.17, 15) is 14.4 Å². The van der Waals surface area contributed by atoms with Crippen molar-refractivity contribution in [2.24, 2.45) is 0 Å². The van der Waals surface area contributed by atoms with Gasteiger partial charge in [0, 0.05) is 6.04 Å². The summed E-state index contributed by atoms with van der Waals surface area (Å²) < 4.78 is 0. The maximum Gasteiger partial charge on any atom is 0.321 e. The van der Waals surface area contributed by atoms with E-state index >= 15 is 0 Å². The Kier molecular flexibility index (Phi) is 6.24.